The summed E-state index contributed by atoms with van der Waals surface area (Å²) in [6.45, 7) is 5.31. The van der Waals surface area contributed by atoms with E-state index in [1.54, 1.807) is 13.8 Å². The zero-order chi connectivity index (χ0) is 27.8. The molecule has 0 saturated heterocycles. The molecular weight excluding hydrogens is 466 g/mol. The monoisotopic (exact) mass is 515 g/mol. The summed E-state index contributed by atoms with van der Waals surface area (Å²) >= 11 is 0. The van der Waals surface area contributed by atoms with E-state index in [-0.39, 0.29) is 13.2 Å². The van der Waals surface area contributed by atoms with Gasteiger partial charge in [-0.1, -0.05) is 93.7 Å². The number of hydrogen-bond acceptors (Lipinski definition) is 4. The second kappa shape index (κ2) is 22.5. The Morgan fingerprint density at radius 1 is 0.784 bits per heavy atom. The number of aliphatic hydroxyl groups is 2. The van der Waals surface area contributed by atoms with E-state index in [0.29, 0.717) is 19.3 Å². The van der Waals surface area contributed by atoms with Gasteiger partial charge >= 0.3 is 5.97 Å². The lowest BCUT2D eigenvalue weighted by Crippen LogP contribution is -2.45. The standard InChI is InChI=1S/C31H49NO5/c1-4-5-6-7-8-9-10-11-12-13-14-15-16-17-18-19-20-21-23-27(30(36)37)24-22-25-32-29(35)28(34)31(2,3)26-33/h5-6,8-9,11-12,14-15,17-18,20-21,27-28,33-34H,4,7,10,13,16,19,22-26H2,1-3H3,(H,32,35)(H,36,37)/t27?,28-/m0/s1. The van der Waals surface area contributed by atoms with Crippen molar-refractivity contribution in [1.82, 2.24) is 5.32 Å². The van der Waals surface area contributed by atoms with Crippen LogP contribution in [0.2, 0.25) is 0 Å². The van der Waals surface area contributed by atoms with Crippen molar-refractivity contribution in [2.75, 3.05) is 13.2 Å². The maximum atomic E-state index is 12.0. The summed E-state index contributed by atoms with van der Waals surface area (Å²) in [5, 5.41) is 31.3. The fourth-order valence-electron chi connectivity index (χ4n) is 3.22. The largest absolute Gasteiger partial charge is 0.481 e. The summed E-state index contributed by atoms with van der Waals surface area (Å²) in [7, 11) is 0. The quantitative estimate of drug-likeness (QED) is 0.110. The van der Waals surface area contributed by atoms with Gasteiger partial charge in [-0.15, -0.1) is 0 Å². The number of nitrogens with one attached hydrogen (secondary N) is 1. The van der Waals surface area contributed by atoms with Gasteiger partial charge in [-0.25, -0.2) is 0 Å². The second-order valence-corrected chi connectivity index (χ2v) is 9.67. The zero-order valence-electron chi connectivity index (χ0n) is 23.0. The van der Waals surface area contributed by atoms with Crippen LogP contribution < -0.4 is 5.32 Å². The average molecular weight is 516 g/mol. The van der Waals surface area contributed by atoms with Crippen molar-refractivity contribution in [2.45, 2.75) is 84.7 Å². The topological polar surface area (TPSA) is 107 Å². The Morgan fingerprint density at radius 2 is 1.22 bits per heavy atom. The lowest BCUT2D eigenvalue weighted by Gasteiger charge is -2.27. The van der Waals surface area contributed by atoms with Crippen molar-refractivity contribution in [3.8, 4) is 0 Å². The molecule has 6 heteroatoms. The van der Waals surface area contributed by atoms with Gasteiger partial charge in [0.1, 0.15) is 6.10 Å². The van der Waals surface area contributed by atoms with E-state index in [0.717, 1.165) is 38.5 Å². The Labute approximate surface area is 224 Å². The van der Waals surface area contributed by atoms with E-state index in [1.807, 2.05) is 12.2 Å². The smallest absolute Gasteiger partial charge is 0.306 e. The van der Waals surface area contributed by atoms with Gasteiger partial charge in [0.15, 0.2) is 0 Å². The molecule has 0 aromatic rings. The number of carboxylic acid groups (broad SMARTS) is 1. The third-order valence-corrected chi connectivity index (χ3v) is 5.79. The number of carbonyl (C=O) groups is 2. The molecule has 1 amide bonds. The van der Waals surface area contributed by atoms with Crippen LogP contribution in [-0.2, 0) is 9.59 Å². The first kappa shape index (κ1) is 34.3. The maximum absolute atomic E-state index is 12.0. The molecule has 0 aliphatic rings. The van der Waals surface area contributed by atoms with Gasteiger partial charge in [0.05, 0.1) is 12.5 Å². The predicted molar refractivity (Wildman–Crippen MR) is 153 cm³/mol. The predicted octanol–water partition coefficient (Wildman–Crippen LogP) is 6.05. The van der Waals surface area contributed by atoms with Crippen LogP contribution in [0.4, 0.5) is 0 Å². The second-order valence-electron chi connectivity index (χ2n) is 9.67. The molecule has 0 spiro atoms. The van der Waals surface area contributed by atoms with Crippen LogP contribution in [0.3, 0.4) is 0 Å². The Morgan fingerprint density at radius 3 is 1.62 bits per heavy atom. The minimum Gasteiger partial charge on any atom is -0.481 e. The van der Waals surface area contributed by atoms with Gasteiger partial charge in [0.2, 0.25) is 5.91 Å². The van der Waals surface area contributed by atoms with Gasteiger partial charge in [-0.2, -0.15) is 0 Å². The van der Waals surface area contributed by atoms with Crippen molar-refractivity contribution in [3.05, 3.63) is 72.9 Å². The summed E-state index contributed by atoms with van der Waals surface area (Å²) < 4.78 is 0. The SMILES string of the molecule is CCC=CCC=CCC=CCC=CCC=CCC=CCC(CCCNC(=O)[C@H](O)C(C)(C)CO)C(=O)O. The van der Waals surface area contributed by atoms with Crippen LogP contribution in [-0.4, -0.2) is 46.5 Å². The summed E-state index contributed by atoms with van der Waals surface area (Å²) in [4.78, 5) is 23.5. The molecule has 37 heavy (non-hydrogen) atoms. The fourth-order valence-corrected chi connectivity index (χ4v) is 3.22. The molecule has 0 aliphatic heterocycles. The molecule has 0 aromatic carbocycles. The molecule has 0 radical (unpaired) electrons. The van der Waals surface area contributed by atoms with Crippen molar-refractivity contribution in [2.24, 2.45) is 11.3 Å². The summed E-state index contributed by atoms with van der Waals surface area (Å²) in [5.41, 5.74) is -0.927. The normalized spacial score (nSPS) is 14.7. The number of amides is 1. The number of rotatable bonds is 21. The summed E-state index contributed by atoms with van der Waals surface area (Å²) in [6.07, 6.45) is 31.1. The molecule has 0 saturated carbocycles. The molecule has 0 fully saturated rings. The fraction of sp³-hybridized carbons (Fsp3) is 0.548. The van der Waals surface area contributed by atoms with Crippen LogP contribution in [0.25, 0.3) is 0 Å². The van der Waals surface area contributed by atoms with Crippen molar-refractivity contribution >= 4 is 11.9 Å². The number of aliphatic carboxylic acids is 1. The molecule has 0 heterocycles. The van der Waals surface area contributed by atoms with Gasteiger partial charge in [-0.3, -0.25) is 9.59 Å². The van der Waals surface area contributed by atoms with Gasteiger partial charge in [0.25, 0.3) is 0 Å². The van der Waals surface area contributed by atoms with Crippen molar-refractivity contribution in [1.29, 1.82) is 0 Å². The molecule has 2 atom stereocenters. The van der Waals surface area contributed by atoms with Crippen LogP contribution in [0.15, 0.2) is 72.9 Å². The third-order valence-electron chi connectivity index (χ3n) is 5.79. The first-order valence-electron chi connectivity index (χ1n) is 13.5. The zero-order valence-corrected chi connectivity index (χ0v) is 23.0. The first-order valence-corrected chi connectivity index (χ1v) is 13.5. The van der Waals surface area contributed by atoms with Crippen LogP contribution >= 0.6 is 0 Å². The molecule has 0 bridgehead atoms. The van der Waals surface area contributed by atoms with Gasteiger partial charge < -0.3 is 20.6 Å². The van der Waals surface area contributed by atoms with Gasteiger partial charge in [-0.05, 0) is 57.8 Å². The molecule has 0 aromatic heterocycles. The van der Waals surface area contributed by atoms with Crippen LogP contribution in [0.1, 0.15) is 78.6 Å². The van der Waals surface area contributed by atoms with E-state index in [4.69, 9.17) is 0 Å². The minimum absolute atomic E-state index is 0.283. The highest BCUT2D eigenvalue weighted by atomic mass is 16.4. The number of aliphatic hydroxyl groups excluding tert-OH is 2. The Bertz CT molecular complexity index is 789. The summed E-state index contributed by atoms with van der Waals surface area (Å²) in [5.74, 6) is -1.92. The Hall–Kier alpha value is -2.70. The molecule has 0 aliphatic carbocycles. The van der Waals surface area contributed by atoms with E-state index >= 15 is 0 Å². The molecule has 0 rings (SSSR count). The molecule has 208 valence electrons. The maximum Gasteiger partial charge on any atom is 0.306 e. The molecule has 6 nitrogen and oxygen atoms in total. The highest BCUT2D eigenvalue weighted by Crippen LogP contribution is 2.19. The first-order chi connectivity index (χ1) is 17.8. The van der Waals surface area contributed by atoms with Crippen LogP contribution in [0.5, 0.6) is 0 Å². The number of allylic oxidation sites excluding steroid dienone is 12. The van der Waals surface area contributed by atoms with Crippen LogP contribution in [0, 0.1) is 11.3 Å². The minimum atomic E-state index is -1.31. The number of hydrogen-bond donors (Lipinski definition) is 4. The third kappa shape index (κ3) is 19.1. The van der Waals surface area contributed by atoms with E-state index < -0.39 is 29.3 Å². The molecule has 1 unspecified atom stereocenters. The van der Waals surface area contributed by atoms with E-state index in [2.05, 4.69) is 73.0 Å². The molecule has 4 N–H and O–H groups in total. The molecular formula is C31H49NO5. The van der Waals surface area contributed by atoms with E-state index in [1.165, 1.54) is 0 Å². The highest BCUT2D eigenvalue weighted by molar-refractivity contribution is 5.81. The highest BCUT2D eigenvalue weighted by Gasteiger charge is 2.32. The van der Waals surface area contributed by atoms with Crippen molar-refractivity contribution in [3.63, 3.8) is 0 Å². The van der Waals surface area contributed by atoms with Crippen molar-refractivity contribution < 1.29 is 24.9 Å². The number of carbonyl (C=O) groups excluding carboxylic acids is 1. The number of carboxylic acids is 1. The van der Waals surface area contributed by atoms with E-state index in [9.17, 15) is 24.9 Å². The lowest BCUT2D eigenvalue weighted by atomic mass is 9.87. The average Bonchev–Trinajstić information content (AvgIpc) is 2.88. The lowest BCUT2D eigenvalue weighted by molar-refractivity contribution is -0.141. The van der Waals surface area contributed by atoms with Gasteiger partial charge in [0, 0.05) is 12.0 Å². The summed E-state index contributed by atoms with van der Waals surface area (Å²) in [6, 6.07) is 0. The Balaban J connectivity index is 4.03. The Kier molecular flexibility index (Phi) is 20.9.